The van der Waals surface area contributed by atoms with E-state index in [1.165, 1.54) is 19.3 Å². The van der Waals surface area contributed by atoms with Gasteiger partial charge in [-0.1, -0.05) is 27.2 Å². The first-order valence-electron chi connectivity index (χ1n) is 5.44. The normalized spacial score (nSPS) is 32.3. The molecule has 0 heterocycles. The lowest BCUT2D eigenvalue weighted by Gasteiger charge is -2.42. The second kappa shape index (κ2) is 3.97. The molecule has 0 amide bonds. The van der Waals surface area contributed by atoms with Crippen LogP contribution in [0.5, 0.6) is 0 Å². The fourth-order valence-electron chi connectivity index (χ4n) is 2.82. The molecular formula is C11H23NO. The molecular weight excluding hydrogens is 162 g/mol. The van der Waals surface area contributed by atoms with E-state index in [0.29, 0.717) is 12.0 Å². The van der Waals surface area contributed by atoms with E-state index in [1.54, 1.807) is 0 Å². The van der Waals surface area contributed by atoms with Crippen molar-refractivity contribution < 1.29 is 5.11 Å². The van der Waals surface area contributed by atoms with E-state index >= 15 is 0 Å². The van der Waals surface area contributed by atoms with Gasteiger partial charge in [-0.05, 0) is 31.2 Å². The van der Waals surface area contributed by atoms with Crippen LogP contribution in [0.15, 0.2) is 0 Å². The second-order valence-electron chi connectivity index (χ2n) is 4.82. The second-order valence-corrected chi connectivity index (χ2v) is 4.82. The van der Waals surface area contributed by atoms with Crippen LogP contribution in [0.4, 0.5) is 0 Å². The lowest BCUT2D eigenvalue weighted by Crippen LogP contribution is -2.53. The summed E-state index contributed by atoms with van der Waals surface area (Å²) in [5.74, 6) is 0. The zero-order valence-electron chi connectivity index (χ0n) is 9.19. The van der Waals surface area contributed by atoms with E-state index in [2.05, 4.69) is 26.1 Å². The highest BCUT2D eigenvalue weighted by Crippen LogP contribution is 2.47. The molecule has 2 heteroatoms. The first-order valence-corrected chi connectivity index (χ1v) is 5.44. The Balaban J connectivity index is 2.75. The Hall–Kier alpha value is -0.0800. The molecule has 1 saturated carbocycles. The van der Waals surface area contributed by atoms with Crippen LogP contribution in [0.25, 0.3) is 0 Å². The maximum absolute atomic E-state index is 9.11. The van der Waals surface area contributed by atoms with E-state index in [-0.39, 0.29) is 5.54 Å². The van der Waals surface area contributed by atoms with Gasteiger partial charge in [0.2, 0.25) is 0 Å². The molecule has 1 unspecified atom stereocenters. The van der Waals surface area contributed by atoms with Crippen molar-refractivity contribution in [3.05, 3.63) is 0 Å². The zero-order valence-corrected chi connectivity index (χ0v) is 9.19. The smallest absolute Gasteiger partial charge is 0.0448 e. The van der Waals surface area contributed by atoms with Crippen LogP contribution in [0.1, 0.15) is 46.5 Å². The van der Waals surface area contributed by atoms with Gasteiger partial charge in [0.25, 0.3) is 0 Å². The third-order valence-corrected chi connectivity index (χ3v) is 3.75. The van der Waals surface area contributed by atoms with Crippen LogP contribution in [-0.4, -0.2) is 23.8 Å². The van der Waals surface area contributed by atoms with Gasteiger partial charge in [0.05, 0.1) is 0 Å². The Kier molecular flexibility index (Phi) is 3.36. The first kappa shape index (κ1) is 11.0. The largest absolute Gasteiger partial charge is 0.396 e. The molecule has 0 aromatic carbocycles. The van der Waals surface area contributed by atoms with E-state index in [4.69, 9.17) is 5.11 Å². The highest BCUT2D eigenvalue weighted by Gasteiger charge is 2.47. The molecule has 1 fully saturated rings. The quantitative estimate of drug-likeness (QED) is 0.701. The summed E-state index contributed by atoms with van der Waals surface area (Å²) in [7, 11) is 0. The van der Waals surface area contributed by atoms with Gasteiger partial charge in [-0.15, -0.1) is 0 Å². The van der Waals surface area contributed by atoms with Crippen LogP contribution in [0, 0.1) is 5.41 Å². The van der Waals surface area contributed by atoms with Crippen molar-refractivity contribution in [2.24, 2.45) is 5.41 Å². The predicted octanol–water partition coefficient (Wildman–Crippen LogP) is 1.93. The number of nitrogens with one attached hydrogen (secondary N) is 1. The molecule has 1 rings (SSSR count). The van der Waals surface area contributed by atoms with Crippen molar-refractivity contribution >= 4 is 0 Å². The summed E-state index contributed by atoms with van der Waals surface area (Å²) < 4.78 is 0. The number of hydrogen-bond donors (Lipinski definition) is 2. The third kappa shape index (κ3) is 1.89. The van der Waals surface area contributed by atoms with Gasteiger partial charge in [-0.2, -0.15) is 0 Å². The Morgan fingerprint density at radius 2 is 2.00 bits per heavy atom. The highest BCUT2D eigenvalue weighted by molar-refractivity contribution is 5.04. The monoisotopic (exact) mass is 185 g/mol. The standard InChI is InChI=1S/C11H23NO/c1-4-12-11(8-9-13)7-5-6-10(11,2)3/h12-13H,4-9H2,1-3H3. The molecule has 2 N–H and O–H groups in total. The van der Waals surface area contributed by atoms with Crippen LogP contribution in [-0.2, 0) is 0 Å². The summed E-state index contributed by atoms with van der Waals surface area (Å²) in [5.41, 5.74) is 0.530. The van der Waals surface area contributed by atoms with Gasteiger partial charge >= 0.3 is 0 Å². The lowest BCUT2D eigenvalue weighted by atomic mass is 9.73. The van der Waals surface area contributed by atoms with Gasteiger partial charge in [0, 0.05) is 12.1 Å². The summed E-state index contributed by atoms with van der Waals surface area (Å²) in [4.78, 5) is 0. The number of hydrogen-bond acceptors (Lipinski definition) is 2. The minimum absolute atomic E-state index is 0.191. The van der Waals surface area contributed by atoms with Crippen molar-refractivity contribution in [3.63, 3.8) is 0 Å². The fourth-order valence-corrected chi connectivity index (χ4v) is 2.82. The first-order chi connectivity index (χ1) is 6.08. The van der Waals surface area contributed by atoms with E-state index in [0.717, 1.165) is 13.0 Å². The molecule has 1 aliphatic carbocycles. The maximum atomic E-state index is 9.11. The molecule has 1 atom stereocenters. The van der Waals surface area contributed by atoms with Crippen LogP contribution < -0.4 is 5.32 Å². The Morgan fingerprint density at radius 1 is 1.31 bits per heavy atom. The minimum atomic E-state index is 0.191. The van der Waals surface area contributed by atoms with Gasteiger partial charge in [0.15, 0.2) is 0 Å². The summed E-state index contributed by atoms with van der Waals surface area (Å²) in [6.07, 6.45) is 4.68. The van der Waals surface area contributed by atoms with E-state index in [1.807, 2.05) is 0 Å². The van der Waals surface area contributed by atoms with E-state index < -0.39 is 0 Å². The SMILES string of the molecule is CCNC1(CCO)CCCC1(C)C. The average molecular weight is 185 g/mol. The molecule has 13 heavy (non-hydrogen) atoms. The number of aliphatic hydroxyl groups excluding tert-OH is 1. The molecule has 0 spiro atoms. The van der Waals surface area contributed by atoms with Crippen molar-refractivity contribution in [2.75, 3.05) is 13.2 Å². The van der Waals surface area contributed by atoms with E-state index in [9.17, 15) is 0 Å². The van der Waals surface area contributed by atoms with Crippen LogP contribution in [0.2, 0.25) is 0 Å². The number of rotatable bonds is 4. The molecule has 0 aliphatic heterocycles. The highest BCUT2D eigenvalue weighted by atomic mass is 16.3. The van der Waals surface area contributed by atoms with Gasteiger partial charge in [-0.3, -0.25) is 0 Å². The lowest BCUT2D eigenvalue weighted by molar-refractivity contribution is 0.116. The van der Waals surface area contributed by atoms with Crippen molar-refractivity contribution in [2.45, 2.75) is 52.0 Å². The van der Waals surface area contributed by atoms with Gasteiger partial charge in [0.1, 0.15) is 0 Å². The third-order valence-electron chi connectivity index (χ3n) is 3.75. The maximum Gasteiger partial charge on any atom is 0.0448 e. The molecule has 78 valence electrons. The molecule has 2 nitrogen and oxygen atoms in total. The fraction of sp³-hybridized carbons (Fsp3) is 1.00. The van der Waals surface area contributed by atoms with Crippen molar-refractivity contribution in [1.82, 2.24) is 5.32 Å². The molecule has 0 saturated heterocycles. The summed E-state index contributed by atoms with van der Waals surface area (Å²) in [6, 6.07) is 0. The summed E-state index contributed by atoms with van der Waals surface area (Å²) >= 11 is 0. The molecule has 0 aromatic heterocycles. The van der Waals surface area contributed by atoms with Gasteiger partial charge in [-0.25, -0.2) is 0 Å². The summed E-state index contributed by atoms with van der Waals surface area (Å²) in [5, 5.41) is 12.7. The average Bonchev–Trinajstić information content (AvgIpc) is 2.29. The Bertz CT molecular complexity index is 159. The minimum Gasteiger partial charge on any atom is -0.396 e. The summed E-state index contributed by atoms with van der Waals surface area (Å²) in [6.45, 7) is 8.09. The number of aliphatic hydroxyl groups is 1. The predicted molar refractivity (Wildman–Crippen MR) is 55.7 cm³/mol. The van der Waals surface area contributed by atoms with Crippen LogP contribution in [0.3, 0.4) is 0 Å². The molecule has 0 aromatic rings. The zero-order chi connectivity index (χ0) is 9.95. The van der Waals surface area contributed by atoms with Gasteiger partial charge < -0.3 is 10.4 Å². The Labute approximate surface area is 81.7 Å². The van der Waals surface area contributed by atoms with Crippen molar-refractivity contribution in [3.8, 4) is 0 Å². The Morgan fingerprint density at radius 3 is 2.38 bits per heavy atom. The van der Waals surface area contributed by atoms with Crippen molar-refractivity contribution in [1.29, 1.82) is 0 Å². The molecule has 1 aliphatic rings. The topological polar surface area (TPSA) is 32.3 Å². The molecule has 0 bridgehead atoms. The molecule has 0 radical (unpaired) electrons. The van der Waals surface area contributed by atoms with Crippen LogP contribution >= 0.6 is 0 Å².